The Labute approximate surface area is 118 Å². The normalized spacial score (nSPS) is 10.9. The Morgan fingerprint density at radius 2 is 1.62 bits per heavy atom. The summed E-state index contributed by atoms with van der Waals surface area (Å²) in [5.41, 5.74) is 0. The molecule has 0 aromatic carbocycles. The third-order valence-electron chi connectivity index (χ3n) is 1.33. The smallest absolute Gasteiger partial charge is 0.172 e. The van der Waals surface area contributed by atoms with Crippen molar-refractivity contribution in [1.29, 1.82) is 0 Å². The Bertz CT molecular complexity index is 411. The minimum Gasteiger partial charge on any atom is -0.172 e. The molecule has 0 N–H and O–H groups in total. The molecule has 0 atom stereocenters. The molecule has 0 amide bonds. The van der Waals surface area contributed by atoms with Gasteiger partial charge >= 0.3 is 0 Å². The molecule has 2 aromatic rings. The summed E-state index contributed by atoms with van der Waals surface area (Å²) < 4.78 is 2.85. The fourth-order valence-corrected chi connectivity index (χ4v) is 5.51. The summed E-state index contributed by atoms with van der Waals surface area (Å²) in [5.74, 6) is 0.637. The largest absolute Gasteiger partial charge is 0.186 e. The van der Waals surface area contributed by atoms with E-state index >= 15 is 0 Å². The second kappa shape index (κ2) is 6.45. The Morgan fingerprint density at radius 1 is 1.00 bits per heavy atom. The number of hydrogen-bond acceptors (Lipinski definition) is 10. The van der Waals surface area contributed by atoms with Crippen LogP contribution in [0.15, 0.2) is 13.0 Å². The molecule has 0 fully saturated rings. The van der Waals surface area contributed by atoms with Crippen molar-refractivity contribution >= 4 is 68.7 Å². The lowest BCUT2D eigenvalue weighted by Gasteiger charge is -1.88. The maximum atomic E-state index is 4.15. The van der Waals surface area contributed by atoms with E-state index in [1.165, 1.54) is 0 Å². The van der Waals surface area contributed by atoms with Crippen molar-refractivity contribution in [2.45, 2.75) is 18.8 Å². The highest BCUT2D eigenvalue weighted by Crippen LogP contribution is 2.40. The Balaban J connectivity index is 1.91. The zero-order valence-corrected chi connectivity index (χ0v) is 13.0. The van der Waals surface area contributed by atoms with Gasteiger partial charge in [0.1, 0.15) is 5.01 Å². The van der Waals surface area contributed by atoms with Crippen LogP contribution in [0.5, 0.6) is 0 Å². The molecule has 0 saturated carbocycles. The predicted octanol–water partition coefficient (Wildman–Crippen LogP) is 3.34. The molecule has 2 heterocycles. The van der Waals surface area contributed by atoms with E-state index < -0.39 is 0 Å². The van der Waals surface area contributed by atoms with E-state index in [0.29, 0.717) is 5.75 Å². The summed E-state index contributed by atoms with van der Waals surface area (Å²) in [4.78, 5) is 0. The molecule has 86 valence electrons. The topological polar surface area (TPSA) is 51.6 Å². The molecule has 4 nitrogen and oxygen atoms in total. The van der Waals surface area contributed by atoms with Crippen molar-refractivity contribution in [1.82, 2.24) is 20.4 Å². The lowest BCUT2D eigenvalue weighted by molar-refractivity contribution is 0.958. The lowest BCUT2D eigenvalue weighted by Crippen LogP contribution is -1.73. The summed E-state index contributed by atoms with van der Waals surface area (Å²) in [7, 11) is 3.12. The number of thioether (sulfide) groups is 1. The fraction of sp³-hybridized carbons (Fsp3) is 0.333. The van der Waals surface area contributed by atoms with Crippen molar-refractivity contribution in [2.75, 3.05) is 6.26 Å². The number of thiol groups is 1. The molecule has 0 spiro atoms. The van der Waals surface area contributed by atoms with Gasteiger partial charge in [-0.2, -0.15) is 12.6 Å². The minimum absolute atomic E-state index is 0.637. The van der Waals surface area contributed by atoms with Gasteiger partial charge in [0.2, 0.25) is 0 Å². The van der Waals surface area contributed by atoms with E-state index in [2.05, 4.69) is 33.0 Å². The molecular formula is C6H6N4S6. The zero-order chi connectivity index (χ0) is 11.4. The van der Waals surface area contributed by atoms with Gasteiger partial charge in [0.15, 0.2) is 13.0 Å². The van der Waals surface area contributed by atoms with E-state index in [4.69, 9.17) is 0 Å². The van der Waals surface area contributed by atoms with Crippen LogP contribution in [0.2, 0.25) is 0 Å². The van der Waals surface area contributed by atoms with Crippen molar-refractivity contribution in [2.24, 2.45) is 0 Å². The van der Waals surface area contributed by atoms with Crippen LogP contribution in [-0.2, 0) is 5.75 Å². The van der Waals surface area contributed by atoms with Gasteiger partial charge in [0.25, 0.3) is 0 Å². The molecule has 0 aliphatic rings. The van der Waals surface area contributed by atoms with Gasteiger partial charge < -0.3 is 0 Å². The minimum atomic E-state index is 0.637. The standard InChI is InChI=1S/C6H6N4S6/c1-12-4-8-10-6(14-4)16-15-5-9-7-3(2-11)13-5/h11H,2H2,1H3. The molecule has 0 unspecified atom stereocenters. The van der Waals surface area contributed by atoms with Crippen molar-refractivity contribution in [3.05, 3.63) is 5.01 Å². The molecular weight excluding hydrogens is 320 g/mol. The van der Waals surface area contributed by atoms with Crippen LogP contribution in [0.25, 0.3) is 0 Å². The molecule has 0 aliphatic heterocycles. The molecule has 0 bridgehead atoms. The van der Waals surface area contributed by atoms with Gasteiger partial charge in [0.05, 0.1) is 0 Å². The average Bonchev–Trinajstić information content (AvgIpc) is 2.95. The van der Waals surface area contributed by atoms with Crippen molar-refractivity contribution in [3.8, 4) is 0 Å². The van der Waals surface area contributed by atoms with E-state index in [-0.39, 0.29) is 0 Å². The first-order chi connectivity index (χ1) is 7.81. The molecule has 2 rings (SSSR count). The second-order valence-corrected chi connectivity index (χ2v) is 8.36. The highest BCUT2D eigenvalue weighted by Gasteiger charge is 2.08. The van der Waals surface area contributed by atoms with Crippen LogP contribution in [0.1, 0.15) is 5.01 Å². The van der Waals surface area contributed by atoms with Gasteiger partial charge in [-0.3, -0.25) is 0 Å². The molecule has 0 saturated heterocycles. The molecule has 16 heavy (non-hydrogen) atoms. The van der Waals surface area contributed by atoms with Crippen LogP contribution < -0.4 is 0 Å². The van der Waals surface area contributed by atoms with E-state index in [1.54, 1.807) is 56.0 Å². The van der Waals surface area contributed by atoms with E-state index in [0.717, 1.165) is 18.0 Å². The SMILES string of the molecule is CSc1nnc(SSc2nnc(CS)s2)s1. The van der Waals surface area contributed by atoms with Crippen LogP contribution in [0.3, 0.4) is 0 Å². The van der Waals surface area contributed by atoms with E-state index in [1.807, 2.05) is 6.26 Å². The summed E-state index contributed by atoms with van der Waals surface area (Å²) >= 11 is 8.90. The third-order valence-corrected chi connectivity index (χ3v) is 7.62. The first-order valence-corrected chi connectivity index (χ1v) is 9.61. The fourth-order valence-electron chi connectivity index (χ4n) is 0.720. The van der Waals surface area contributed by atoms with Crippen molar-refractivity contribution < 1.29 is 0 Å². The van der Waals surface area contributed by atoms with Gasteiger partial charge in [0, 0.05) is 5.75 Å². The van der Waals surface area contributed by atoms with Gasteiger partial charge in [-0.05, 0) is 27.8 Å². The number of hydrogen-bond donors (Lipinski definition) is 1. The third kappa shape index (κ3) is 3.50. The molecule has 0 aliphatic carbocycles. The number of nitrogens with zero attached hydrogens (tertiary/aromatic N) is 4. The van der Waals surface area contributed by atoms with Gasteiger partial charge in [-0.25, -0.2) is 0 Å². The summed E-state index contributed by atoms with van der Waals surface area (Å²) in [6.07, 6.45) is 1.99. The average molecular weight is 327 g/mol. The quantitative estimate of drug-likeness (QED) is 0.514. The van der Waals surface area contributed by atoms with Crippen LogP contribution in [0, 0.1) is 0 Å². The number of rotatable bonds is 5. The first kappa shape index (κ1) is 13.0. The maximum absolute atomic E-state index is 4.15. The lowest BCUT2D eigenvalue weighted by atomic mass is 10.9. The summed E-state index contributed by atoms with van der Waals surface area (Å²) in [5, 5.41) is 17.1. The Morgan fingerprint density at radius 3 is 2.19 bits per heavy atom. The van der Waals surface area contributed by atoms with E-state index in [9.17, 15) is 0 Å². The molecule has 2 aromatic heterocycles. The monoisotopic (exact) mass is 326 g/mol. The Hall–Kier alpha value is 0.520. The zero-order valence-electron chi connectivity index (χ0n) is 7.98. The maximum Gasteiger partial charge on any atom is 0.186 e. The predicted molar refractivity (Wildman–Crippen MR) is 76.0 cm³/mol. The summed E-state index contributed by atoms with van der Waals surface area (Å²) in [6, 6.07) is 0. The highest BCUT2D eigenvalue weighted by atomic mass is 33.1. The molecule has 10 heteroatoms. The summed E-state index contributed by atoms with van der Waals surface area (Å²) in [6.45, 7) is 0. The van der Waals surface area contributed by atoms with Crippen LogP contribution >= 0.6 is 68.7 Å². The molecule has 0 radical (unpaired) electrons. The van der Waals surface area contributed by atoms with Crippen molar-refractivity contribution in [3.63, 3.8) is 0 Å². The second-order valence-electron chi connectivity index (χ2n) is 2.32. The van der Waals surface area contributed by atoms with Gasteiger partial charge in [-0.15, -0.1) is 20.4 Å². The van der Waals surface area contributed by atoms with Crippen LogP contribution in [0.4, 0.5) is 0 Å². The highest BCUT2D eigenvalue weighted by molar-refractivity contribution is 8.77. The Kier molecular flexibility index (Phi) is 5.23. The van der Waals surface area contributed by atoms with Gasteiger partial charge in [-0.1, -0.05) is 34.4 Å². The number of aromatic nitrogens is 4. The first-order valence-electron chi connectivity index (χ1n) is 3.97. The van der Waals surface area contributed by atoms with Crippen LogP contribution in [-0.4, -0.2) is 26.7 Å².